The van der Waals surface area contributed by atoms with Crippen LogP contribution in [0, 0.1) is 0 Å². The Balaban J connectivity index is 1.31. The molecule has 0 unspecified atom stereocenters. The van der Waals surface area contributed by atoms with Crippen molar-refractivity contribution in [3.05, 3.63) is 65.9 Å². The minimum absolute atomic E-state index is 0.000379. The van der Waals surface area contributed by atoms with Gasteiger partial charge in [-0.1, -0.05) is 30.3 Å². The van der Waals surface area contributed by atoms with Crippen molar-refractivity contribution < 1.29 is 18.8 Å². The van der Waals surface area contributed by atoms with E-state index in [1.807, 2.05) is 56.3 Å². The zero-order valence-corrected chi connectivity index (χ0v) is 18.1. The second-order valence-electron chi connectivity index (χ2n) is 8.65. The van der Waals surface area contributed by atoms with Crippen LogP contribution in [0.5, 0.6) is 0 Å². The molecule has 7 heteroatoms. The predicted molar refractivity (Wildman–Crippen MR) is 120 cm³/mol. The van der Waals surface area contributed by atoms with Gasteiger partial charge in [-0.15, -0.1) is 0 Å². The number of hydrogen-bond donors (Lipinski definition) is 1. The van der Waals surface area contributed by atoms with E-state index >= 15 is 0 Å². The van der Waals surface area contributed by atoms with Gasteiger partial charge >= 0.3 is 0 Å². The summed E-state index contributed by atoms with van der Waals surface area (Å²) >= 11 is 0. The maximum absolute atomic E-state index is 13.3. The summed E-state index contributed by atoms with van der Waals surface area (Å²) in [6, 6.07) is 16.5. The number of anilines is 1. The normalized spacial score (nSPS) is 20.9. The molecule has 7 nitrogen and oxygen atoms in total. The number of carbonyl (C=O) groups is 3. The molecule has 1 fully saturated rings. The number of furan rings is 1. The molecule has 2 aliphatic rings. The van der Waals surface area contributed by atoms with E-state index in [1.165, 1.54) is 0 Å². The fourth-order valence-corrected chi connectivity index (χ4v) is 4.86. The van der Waals surface area contributed by atoms with E-state index in [0.717, 1.165) is 11.0 Å². The quantitative estimate of drug-likeness (QED) is 0.662. The van der Waals surface area contributed by atoms with Crippen LogP contribution in [-0.4, -0.2) is 34.8 Å². The van der Waals surface area contributed by atoms with Crippen LogP contribution in [-0.2, 0) is 9.59 Å². The highest BCUT2D eigenvalue weighted by molar-refractivity contribution is 6.10. The minimum Gasteiger partial charge on any atom is -0.459 e. The van der Waals surface area contributed by atoms with E-state index < -0.39 is 5.66 Å². The topological polar surface area (TPSA) is 82.9 Å². The van der Waals surface area contributed by atoms with Gasteiger partial charge in [0, 0.05) is 24.8 Å². The molecule has 0 radical (unpaired) electrons. The van der Waals surface area contributed by atoms with Gasteiger partial charge in [0.1, 0.15) is 17.0 Å². The molecule has 2 atom stereocenters. The summed E-state index contributed by atoms with van der Waals surface area (Å²) in [5.41, 5.74) is 1.17. The van der Waals surface area contributed by atoms with Crippen LogP contribution >= 0.6 is 0 Å². The Bertz CT molecular complexity index is 1200. The summed E-state index contributed by atoms with van der Waals surface area (Å²) in [6.45, 7) is 4.00. The summed E-state index contributed by atoms with van der Waals surface area (Å²) in [7, 11) is 0. The molecule has 1 saturated heterocycles. The third kappa shape index (κ3) is 3.16. The number of rotatable bonds is 5. The summed E-state index contributed by atoms with van der Waals surface area (Å²) in [5, 5.41) is 3.95. The van der Waals surface area contributed by atoms with Crippen LogP contribution in [0.4, 0.5) is 5.69 Å². The SMILES string of the molecule is C[C@@H](NC(=O)CCN1C(=O)c2ccccc2N2C(=O)CC[C@@]12C)c1cc2ccccc2o1. The van der Waals surface area contributed by atoms with Crippen LogP contribution in [0.3, 0.4) is 0 Å². The molecule has 3 heterocycles. The standard InChI is InChI=1S/C25H25N3O4/c1-16(21-15-17-7-3-6-10-20(17)32-21)26-22(29)12-14-27-24(31)18-8-4-5-9-19(18)28-23(30)11-13-25(27,28)2/h3-10,15-16H,11-14H2,1-2H3,(H,26,29)/t16-,25+/m1/s1. The largest absolute Gasteiger partial charge is 0.459 e. The molecule has 1 aromatic heterocycles. The van der Waals surface area contributed by atoms with Crippen LogP contribution in [0.25, 0.3) is 11.0 Å². The average molecular weight is 431 g/mol. The minimum atomic E-state index is -0.757. The Morgan fingerprint density at radius 3 is 2.72 bits per heavy atom. The Kier molecular flexibility index (Phi) is 4.77. The van der Waals surface area contributed by atoms with Gasteiger partial charge in [0.2, 0.25) is 11.8 Å². The van der Waals surface area contributed by atoms with Crippen molar-refractivity contribution in [1.82, 2.24) is 10.2 Å². The highest BCUT2D eigenvalue weighted by Crippen LogP contribution is 2.44. The number of nitrogens with one attached hydrogen (secondary N) is 1. The first kappa shape index (κ1) is 20.3. The second kappa shape index (κ2) is 7.51. The number of para-hydroxylation sites is 2. The summed E-state index contributed by atoms with van der Waals surface area (Å²) < 4.78 is 5.84. The van der Waals surface area contributed by atoms with Crippen molar-refractivity contribution >= 4 is 34.4 Å². The highest BCUT2D eigenvalue weighted by atomic mass is 16.3. The lowest BCUT2D eigenvalue weighted by molar-refractivity contribution is -0.122. The third-order valence-electron chi connectivity index (χ3n) is 6.56. The molecule has 2 aromatic carbocycles. The first-order valence-corrected chi connectivity index (χ1v) is 10.9. The molecule has 32 heavy (non-hydrogen) atoms. The molecule has 3 amide bonds. The molecule has 0 bridgehead atoms. The van der Waals surface area contributed by atoms with Crippen LogP contribution in [0.2, 0.25) is 0 Å². The van der Waals surface area contributed by atoms with Gasteiger partial charge in [-0.3, -0.25) is 19.3 Å². The van der Waals surface area contributed by atoms with Crippen molar-refractivity contribution in [3.63, 3.8) is 0 Å². The number of carbonyl (C=O) groups excluding carboxylic acids is 3. The predicted octanol–water partition coefficient (Wildman–Crippen LogP) is 4.00. The lowest BCUT2D eigenvalue weighted by Gasteiger charge is -2.48. The van der Waals surface area contributed by atoms with Crippen molar-refractivity contribution in [2.75, 3.05) is 11.4 Å². The van der Waals surface area contributed by atoms with Crippen molar-refractivity contribution in [2.45, 2.75) is 44.8 Å². The Labute approximate surface area is 186 Å². The third-order valence-corrected chi connectivity index (χ3v) is 6.56. The second-order valence-corrected chi connectivity index (χ2v) is 8.65. The molecule has 164 valence electrons. The summed E-state index contributed by atoms with van der Waals surface area (Å²) in [6.07, 6.45) is 1.06. The fraction of sp³-hybridized carbons (Fsp3) is 0.320. The maximum atomic E-state index is 13.3. The molecule has 0 saturated carbocycles. The molecular formula is C25H25N3O4. The van der Waals surface area contributed by atoms with E-state index in [4.69, 9.17) is 4.42 Å². The van der Waals surface area contributed by atoms with Gasteiger partial charge in [0.25, 0.3) is 5.91 Å². The lowest BCUT2D eigenvalue weighted by atomic mass is 9.98. The molecule has 1 N–H and O–H groups in total. The van der Waals surface area contributed by atoms with Crippen molar-refractivity contribution in [1.29, 1.82) is 0 Å². The fourth-order valence-electron chi connectivity index (χ4n) is 4.86. The zero-order valence-electron chi connectivity index (χ0n) is 18.1. The number of benzene rings is 2. The van der Waals surface area contributed by atoms with E-state index in [2.05, 4.69) is 5.32 Å². The van der Waals surface area contributed by atoms with Crippen LogP contribution in [0.15, 0.2) is 59.0 Å². The van der Waals surface area contributed by atoms with E-state index in [-0.39, 0.29) is 36.7 Å². The van der Waals surface area contributed by atoms with Crippen molar-refractivity contribution in [3.8, 4) is 0 Å². The maximum Gasteiger partial charge on any atom is 0.257 e. The molecule has 5 rings (SSSR count). The smallest absolute Gasteiger partial charge is 0.257 e. The average Bonchev–Trinajstić information content (AvgIpc) is 3.35. The van der Waals surface area contributed by atoms with Crippen molar-refractivity contribution in [2.24, 2.45) is 0 Å². The number of fused-ring (bicyclic) bond motifs is 4. The highest BCUT2D eigenvalue weighted by Gasteiger charge is 2.52. The van der Waals surface area contributed by atoms with E-state index in [9.17, 15) is 14.4 Å². The number of hydrogen-bond acceptors (Lipinski definition) is 4. The first-order valence-electron chi connectivity index (χ1n) is 10.9. The molecule has 0 aliphatic carbocycles. The number of nitrogens with zero attached hydrogens (tertiary/aromatic N) is 2. The Hall–Kier alpha value is -3.61. The van der Waals surface area contributed by atoms with Crippen LogP contribution < -0.4 is 10.2 Å². The first-order chi connectivity index (χ1) is 15.4. The Morgan fingerprint density at radius 1 is 1.16 bits per heavy atom. The molecule has 3 aromatic rings. The van der Waals surface area contributed by atoms with E-state index in [0.29, 0.717) is 29.9 Å². The molecule has 2 aliphatic heterocycles. The summed E-state index contributed by atoms with van der Waals surface area (Å²) in [4.78, 5) is 42.0. The number of amides is 3. The molecule has 0 spiro atoms. The lowest BCUT2D eigenvalue weighted by Crippen LogP contribution is -2.62. The van der Waals surface area contributed by atoms with Gasteiger partial charge in [-0.2, -0.15) is 0 Å². The molecular weight excluding hydrogens is 406 g/mol. The van der Waals surface area contributed by atoms with Gasteiger partial charge in [0.05, 0.1) is 17.3 Å². The van der Waals surface area contributed by atoms with E-state index in [1.54, 1.807) is 21.9 Å². The van der Waals surface area contributed by atoms with Gasteiger partial charge in [-0.05, 0) is 44.5 Å². The summed E-state index contributed by atoms with van der Waals surface area (Å²) in [5.74, 6) is 0.360. The monoisotopic (exact) mass is 431 g/mol. The van der Waals surface area contributed by atoms with Gasteiger partial charge in [0.15, 0.2) is 0 Å². The Morgan fingerprint density at radius 2 is 1.91 bits per heavy atom. The van der Waals surface area contributed by atoms with Gasteiger partial charge < -0.3 is 14.6 Å². The van der Waals surface area contributed by atoms with Gasteiger partial charge in [-0.25, -0.2) is 0 Å². The van der Waals surface area contributed by atoms with Crippen LogP contribution in [0.1, 0.15) is 55.3 Å². The zero-order chi connectivity index (χ0) is 22.5.